The highest BCUT2D eigenvalue weighted by Crippen LogP contribution is 2.20. The molecule has 1 saturated heterocycles. The van der Waals surface area contributed by atoms with Crippen LogP contribution in [0.25, 0.3) is 10.9 Å². The first-order valence-corrected chi connectivity index (χ1v) is 5.70. The van der Waals surface area contributed by atoms with Gasteiger partial charge in [0.05, 0.1) is 24.7 Å². The molecule has 1 amide bonds. The maximum absolute atomic E-state index is 11.0. The third-order valence-electron chi connectivity index (χ3n) is 3.08. The van der Waals surface area contributed by atoms with Gasteiger partial charge in [-0.05, 0) is 18.2 Å². The number of alkyl carbamates (subject to hydrolysis) is 1. The highest BCUT2D eigenvalue weighted by Gasteiger charge is 2.23. The van der Waals surface area contributed by atoms with Gasteiger partial charge in [-0.25, -0.2) is 4.79 Å². The van der Waals surface area contributed by atoms with Crippen LogP contribution in [0.5, 0.6) is 0 Å². The number of amides is 1. The molecule has 0 aliphatic carbocycles. The van der Waals surface area contributed by atoms with Crippen molar-refractivity contribution in [3.8, 4) is 6.07 Å². The van der Waals surface area contributed by atoms with Crippen molar-refractivity contribution < 1.29 is 9.53 Å². The van der Waals surface area contributed by atoms with E-state index < -0.39 is 0 Å². The van der Waals surface area contributed by atoms with E-state index in [0.29, 0.717) is 18.7 Å². The van der Waals surface area contributed by atoms with Crippen molar-refractivity contribution in [1.29, 1.82) is 5.26 Å². The maximum atomic E-state index is 11.0. The van der Waals surface area contributed by atoms with Gasteiger partial charge in [-0.3, -0.25) is 0 Å². The van der Waals surface area contributed by atoms with Crippen LogP contribution in [-0.4, -0.2) is 23.3 Å². The second-order valence-corrected chi connectivity index (χ2v) is 4.23. The summed E-state index contributed by atoms with van der Waals surface area (Å²) < 4.78 is 7.11. The van der Waals surface area contributed by atoms with Crippen LogP contribution < -0.4 is 5.32 Å². The fraction of sp³-hybridized carbons (Fsp3) is 0.231. The monoisotopic (exact) mass is 241 g/mol. The molecule has 1 aliphatic rings. The number of cyclic esters (lactones) is 1. The highest BCUT2D eigenvalue weighted by atomic mass is 16.6. The summed E-state index contributed by atoms with van der Waals surface area (Å²) in [4.78, 5) is 11.0. The molecule has 1 unspecified atom stereocenters. The first-order valence-electron chi connectivity index (χ1n) is 5.70. The number of fused-ring (bicyclic) bond motifs is 1. The molecule has 1 atom stereocenters. The van der Waals surface area contributed by atoms with Gasteiger partial charge < -0.3 is 14.6 Å². The Morgan fingerprint density at radius 3 is 3.11 bits per heavy atom. The molecule has 5 nitrogen and oxygen atoms in total. The van der Waals surface area contributed by atoms with Crippen LogP contribution in [0.3, 0.4) is 0 Å². The number of carbonyl (C=O) groups is 1. The lowest BCUT2D eigenvalue weighted by molar-refractivity contribution is 0.131. The molecule has 90 valence electrons. The topological polar surface area (TPSA) is 67.0 Å². The second-order valence-electron chi connectivity index (χ2n) is 4.23. The van der Waals surface area contributed by atoms with Crippen LogP contribution in [0.4, 0.5) is 4.79 Å². The molecular formula is C13H11N3O2. The van der Waals surface area contributed by atoms with Gasteiger partial charge in [0.15, 0.2) is 0 Å². The Balaban J connectivity index is 1.94. The van der Waals surface area contributed by atoms with E-state index >= 15 is 0 Å². The molecule has 0 spiro atoms. The van der Waals surface area contributed by atoms with E-state index in [1.807, 2.05) is 29.0 Å². The van der Waals surface area contributed by atoms with Crippen LogP contribution in [0.1, 0.15) is 5.56 Å². The number of ether oxygens (including phenoxy) is 1. The van der Waals surface area contributed by atoms with Crippen LogP contribution in [0, 0.1) is 11.3 Å². The summed E-state index contributed by atoms with van der Waals surface area (Å²) in [6.07, 6.45) is 1.39. The molecule has 1 aliphatic heterocycles. The van der Waals surface area contributed by atoms with Crippen molar-refractivity contribution >= 4 is 17.0 Å². The molecular weight excluding hydrogens is 230 g/mol. The van der Waals surface area contributed by atoms with Gasteiger partial charge in [0.2, 0.25) is 0 Å². The third-order valence-corrected chi connectivity index (χ3v) is 3.08. The molecule has 2 aromatic rings. The number of rotatable bonds is 2. The quantitative estimate of drug-likeness (QED) is 0.868. The number of hydrogen-bond acceptors (Lipinski definition) is 3. The van der Waals surface area contributed by atoms with Gasteiger partial charge in [-0.2, -0.15) is 5.26 Å². The van der Waals surface area contributed by atoms with Gasteiger partial charge in [0.25, 0.3) is 0 Å². The Kier molecular flexibility index (Phi) is 2.41. The molecule has 0 bridgehead atoms. The minimum Gasteiger partial charge on any atom is -0.442 e. The molecule has 5 heteroatoms. The zero-order chi connectivity index (χ0) is 12.5. The third kappa shape index (κ3) is 1.68. The predicted octanol–water partition coefficient (Wildman–Crippen LogP) is 1.62. The Bertz CT molecular complexity index is 654. The lowest BCUT2D eigenvalue weighted by Gasteiger charge is -2.10. The van der Waals surface area contributed by atoms with Gasteiger partial charge in [0.1, 0.15) is 6.10 Å². The van der Waals surface area contributed by atoms with Gasteiger partial charge in [-0.15, -0.1) is 0 Å². The lowest BCUT2D eigenvalue weighted by atomic mass is 10.1. The summed E-state index contributed by atoms with van der Waals surface area (Å²) in [5.41, 5.74) is 1.64. The maximum Gasteiger partial charge on any atom is 0.407 e. The van der Waals surface area contributed by atoms with Crippen molar-refractivity contribution in [2.45, 2.75) is 12.6 Å². The Morgan fingerprint density at radius 2 is 2.39 bits per heavy atom. The summed E-state index contributed by atoms with van der Waals surface area (Å²) in [6.45, 7) is 1.12. The van der Waals surface area contributed by atoms with Crippen molar-refractivity contribution in [3.05, 3.63) is 36.0 Å². The van der Waals surface area contributed by atoms with E-state index in [-0.39, 0.29) is 12.2 Å². The number of nitriles is 1. The van der Waals surface area contributed by atoms with E-state index in [2.05, 4.69) is 11.4 Å². The smallest absolute Gasteiger partial charge is 0.407 e. The number of hydrogen-bond donors (Lipinski definition) is 1. The molecule has 2 heterocycles. The number of nitrogens with zero attached hydrogens (tertiary/aromatic N) is 2. The number of benzene rings is 1. The summed E-state index contributed by atoms with van der Waals surface area (Å²) in [6, 6.07) is 9.70. The van der Waals surface area contributed by atoms with Crippen LogP contribution in [0.15, 0.2) is 30.5 Å². The van der Waals surface area contributed by atoms with Gasteiger partial charge in [-0.1, -0.05) is 6.07 Å². The molecule has 3 rings (SSSR count). The first-order chi connectivity index (χ1) is 8.78. The zero-order valence-corrected chi connectivity index (χ0v) is 9.59. The van der Waals surface area contributed by atoms with E-state index in [9.17, 15) is 4.79 Å². The molecule has 0 saturated carbocycles. The molecule has 1 N–H and O–H groups in total. The average molecular weight is 241 g/mol. The normalized spacial score (nSPS) is 18.4. The first kappa shape index (κ1) is 10.7. The fourth-order valence-corrected chi connectivity index (χ4v) is 2.23. The van der Waals surface area contributed by atoms with Gasteiger partial charge >= 0.3 is 6.09 Å². The Morgan fingerprint density at radius 1 is 1.50 bits per heavy atom. The number of aromatic nitrogens is 1. The van der Waals surface area contributed by atoms with E-state index in [0.717, 1.165) is 10.9 Å². The average Bonchev–Trinajstić information content (AvgIpc) is 2.97. The summed E-state index contributed by atoms with van der Waals surface area (Å²) in [7, 11) is 0. The van der Waals surface area contributed by atoms with E-state index in [1.54, 1.807) is 6.07 Å². The molecule has 18 heavy (non-hydrogen) atoms. The Hall–Kier alpha value is -2.48. The highest BCUT2D eigenvalue weighted by molar-refractivity contribution is 5.86. The van der Waals surface area contributed by atoms with Crippen molar-refractivity contribution in [2.75, 3.05) is 6.54 Å². The van der Waals surface area contributed by atoms with Crippen molar-refractivity contribution in [2.24, 2.45) is 0 Å². The minimum absolute atomic E-state index is 0.154. The van der Waals surface area contributed by atoms with Crippen molar-refractivity contribution in [1.82, 2.24) is 9.88 Å². The largest absolute Gasteiger partial charge is 0.442 e. The standard InChI is InChI=1S/C13H11N3O2/c14-6-9-2-1-3-12-11(9)4-5-16(12)8-10-7-15-13(17)18-10/h1-5,10H,7-8H2,(H,15,17). The molecule has 1 aromatic heterocycles. The molecule has 1 fully saturated rings. The van der Waals surface area contributed by atoms with E-state index in [1.165, 1.54) is 0 Å². The zero-order valence-electron chi connectivity index (χ0n) is 9.59. The second kappa shape index (κ2) is 4.08. The lowest BCUT2D eigenvalue weighted by Crippen LogP contribution is -2.20. The van der Waals surface area contributed by atoms with Crippen LogP contribution in [-0.2, 0) is 11.3 Å². The number of carbonyl (C=O) groups excluding carboxylic acids is 1. The minimum atomic E-state index is -0.367. The molecule has 0 radical (unpaired) electrons. The molecule has 1 aromatic carbocycles. The van der Waals surface area contributed by atoms with Crippen LogP contribution in [0.2, 0.25) is 0 Å². The predicted molar refractivity (Wildman–Crippen MR) is 64.9 cm³/mol. The van der Waals surface area contributed by atoms with Gasteiger partial charge in [0, 0.05) is 17.1 Å². The summed E-state index contributed by atoms with van der Waals surface area (Å²) >= 11 is 0. The van der Waals surface area contributed by atoms with Crippen molar-refractivity contribution in [3.63, 3.8) is 0 Å². The fourth-order valence-electron chi connectivity index (χ4n) is 2.23. The summed E-state index contributed by atoms with van der Waals surface area (Å²) in [5, 5.41) is 12.6. The Labute approximate surface area is 104 Å². The summed E-state index contributed by atoms with van der Waals surface area (Å²) in [5.74, 6) is 0. The van der Waals surface area contributed by atoms with Crippen LogP contribution >= 0.6 is 0 Å². The SMILES string of the molecule is N#Cc1cccc2c1ccn2CC1CNC(=O)O1. The number of nitrogens with one attached hydrogen (secondary N) is 1. The van der Waals surface area contributed by atoms with E-state index in [4.69, 9.17) is 10.00 Å².